The van der Waals surface area contributed by atoms with Crippen molar-refractivity contribution in [1.82, 2.24) is 4.72 Å². The number of benzene rings is 1. The summed E-state index contributed by atoms with van der Waals surface area (Å²) >= 11 is 0. The summed E-state index contributed by atoms with van der Waals surface area (Å²) in [5.74, 6) is -0.603. The van der Waals surface area contributed by atoms with Crippen LogP contribution in [0.5, 0.6) is 0 Å². The topological polar surface area (TPSA) is 72.5 Å². The lowest BCUT2D eigenvalue weighted by Crippen LogP contribution is -2.29. The summed E-state index contributed by atoms with van der Waals surface area (Å²) in [6.07, 6.45) is 1.45. The molecular formula is C12H15NO4S. The molecule has 1 N–H and O–H groups in total. The molecule has 0 saturated heterocycles. The fourth-order valence-electron chi connectivity index (χ4n) is 1.15. The third-order valence-corrected chi connectivity index (χ3v) is 3.00. The number of ether oxygens (including phenoxy) is 1. The van der Waals surface area contributed by atoms with Gasteiger partial charge in [-0.05, 0) is 18.6 Å². The molecule has 1 aromatic carbocycles. The SMILES string of the molecule is CCOC(=O)CNS(=O)(=O)/C=C/c1ccccc1. The summed E-state index contributed by atoms with van der Waals surface area (Å²) in [5.41, 5.74) is 0.763. The first-order valence-electron chi connectivity index (χ1n) is 5.42. The lowest BCUT2D eigenvalue weighted by molar-refractivity contribution is -0.141. The van der Waals surface area contributed by atoms with Crippen molar-refractivity contribution in [2.45, 2.75) is 6.92 Å². The maximum atomic E-state index is 11.5. The smallest absolute Gasteiger partial charge is 0.321 e. The van der Waals surface area contributed by atoms with Crippen LogP contribution < -0.4 is 4.72 Å². The van der Waals surface area contributed by atoms with Crippen molar-refractivity contribution in [2.75, 3.05) is 13.2 Å². The minimum absolute atomic E-state index is 0.223. The second-order valence-electron chi connectivity index (χ2n) is 3.38. The molecule has 6 heteroatoms. The van der Waals surface area contributed by atoms with Crippen molar-refractivity contribution in [3.63, 3.8) is 0 Å². The van der Waals surface area contributed by atoms with Crippen LogP contribution in [0.4, 0.5) is 0 Å². The van der Waals surface area contributed by atoms with Gasteiger partial charge < -0.3 is 4.74 Å². The van der Waals surface area contributed by atoms with Crippen LogP contribution in [0.2, 0.25) is 0 Å². The lowest BCUT2D eigenvalue weighted by atomic mass is 10.2. The predicted molar refractivity (Wildman–Crippen MR) is 69.0 cm³/mol. The standard InChI is InChI=1S/C12H15NO4S/c1-2-17-12(14)10-13-18(15,16)9-8-11-6-4-3-5-7-11/h3-9,13H,2,10H2,1H3/b9-8+. The highest BCUT2D eigenvalue weighted by Gasteiger charge is 2.08. The van der Waals surface area contributed by atoms with Gasteiger partial charge in [-0.1, -0.05) is 30.3 Å². The highest BCUT2D eigenvalue weighted by atomic mass is 32.2. The summed E-state index contributed by atoms with van der Waals surface area (Å²) in [4.78, 5) is 11.0. The van der Waals surface area contributed by atoms with Gasteiger partial charge in [-0.15, -0.1) is 0 Å². The van der Waals surface area contributed by atoms with E-state index in [1.165, 1.54) is 6.08 Å². The Hall–Kier alpha value is -1.66. The number of carbonyl (C=O) groups is 1. The van der Waals surface area contributed by atoms with E-state index in [-0.39, 0.29) is 13.2 Å². The van der Waals surface area contributed by atoms with Crippen LogP contribution >= 0.6 is 0 Å². The molecule has 0 unspecified atom stereocenters. The monoisotopic (exact) mass is 269 g/mol. The van der Waals surface area contributed by atoms with Crippen LogP contribution in [-0.4, -0.2) is 27.5 Å². The summed E-state index contributed by atoms with van der Waals surface area (Å²) in [6.45, 7) is 1.51. The second kappa shape index (κ2) is 6.93. The van der Waals surface area contributed by atoms with Crippen LogP contribution in [0.15, 0.2) is 35.7 Å². The zero-order valence-corrected chi connectivity index (χ0v) is 10.8. The van der Waals surface area contributed by atoms with Crippen LogP contribution in [0.25, 0.3) is 6.08 Å². The molecule has 0 bridgehead atoms. The molecule has 18 heavy (non-hydrogen) atoms. The van der Waals surface area contributed by atoms with Crippen molar-refractivity contribution < 1.29 is 17.9 Å². The van der Waals surface area contributed by atoms with Crippen molar-refractivity contribution >= 4 is 22.1 Å². The maximum absolute atomic E-state index is 11.5. The van der Waals surface area contributed by atoms with Gasteiger partial charge in [-0.3, -0.25) is 4.79 Å². The van der Waals surface area contributed by atoms with E-state index < -0.39 is 16.0 Å². The van der Waals surface area contributed by atoms with E-state index in [4.69, 9.17) is 0 Å². The number of hydrogen-bond donors (Lipinski definition) is 1. The Morgan fingerprint density at radius 2 is 2.00 bits per heavy atom. The van der Waals surface area contributed by atoms with Gasteiger partial charge in [0.05, 0.1) is 6.61 Å². The molecule has 5 nitrogen and oxygen atoms in total. The lowest BCUT2D eigenvalue weighted by Gasteiger charge is -2.02. The first-order chi connectivity index (χ1) is 8.53. The Balaban J connectivity index is 2.55. The molecule has 0 atom stereocenters. The van der Waals surface area contributed by atoms with E-state index in [2.05, 4.69) is 9.46 Å². The molecule has 0 aliphatic carbocycles. The predicted octanol–water partition coefficient (Wildman–Crippen LogP) is 1.14. The number of nitrogens with one attached hydrogen (secondary N) is 1. The molecule has 1 aromatic rings. The Morgan fingerprint density at radius 1 is 1.33 bits per heavy atom. The Kier molecular flexibility index (Phi) is 5.54. The molecule has 0 radical (unpaired) electrons. The molecule has 0 fully saturated rings. The van der Waals surface area contributed by atoms with Gasteiger partial charge in [0.2, 0.25) is 10.0 Å². The molecule has 0 saturated carbocycles. The second-order valence-corrected chi connectivity index (χ2v) is 5.04. The maximum Gasteiger partial charge on any atom is 0.321 e. The Labute approximate surface area is 107 Å². The average molecular weight is 269 g/mol. The van der Waals surface area contributed by atoms with E-state index in [9.17, 15) is 13.2 Å². The molecule has 98 valence electrons. The van der Waals surface area contributed by atoms with Gasteiger partial charge in [-0.25, -0.2) is 13.1 Å². The van der Waals surface area contributed by atoms with Crippen molar-refractivity contribution in [3.05, 3.63) is 41.3 Å². The molecule has 1 rings (SSSR count). The quantitative estimate of drug-likeness (QED) is 0.786. The minimum atomic E-state index is -3.62. The normalized spacial score (nSPS) is 11.6. The summed E-state index contributed by atoms with van der Waals surface area (Å²) in [7, 11) is -3.62. The molecule has 0 heterocycles. The van der Waals surface area contributed by atoms with Gasteiger partial charge in [0.15, 0.2) is 0 Å². The fraction of sp³-hybridized carbons (Fsp3) is 0.250. The number of hydrogen-bond acceptors (Lipinski definition) is 4. The Morgan fingerprint density at radius 3 is 2.61 bits per heavy atom. The summed E-state index contributed by atoms with van der Waals surface area (Å²) < 4.78 is 29.7. The van der Waals surface area contributed by atoms with E-state index in [1.54, 1.807) is 31.2 Å². The number of carbonyl (C=O) groups excluding carboxylic acids is 1. The first kappa shape index (κ1) is 14.4. The molecule has 0 spiro atoms. The van der Waals surface area contributed by atoms with Crippen molar-refractivity contribution in [3.8, 4) is 0 Å². The van der Waals surface area contributed by atoms with Crippen LogP contribution in [0.1, 0.15) is 12.5 Å². The molecule has 0 aliphatic rings. The van der Waals surface area contributed by atoms with Gasteiger partial charge in [-0.2, -0.15) is 0 Å². The highest BCUT2D eigenvalue weighted by molar-refractivity contribution is 7.92. The Bertz CT molecular complexity index is 508. The molecular weight excluding hydrogens is 254 g/mol. The fourth-order valence-corrected chi connectivity index (χ4v) is 1.90. The minimum Gasteiger partial charge on any atom is -0.465 e. The summed E-state index contributed by atoms with van der Waals surface area (Å²) in [6, 6.07) is 9.00. The van der Waals surface area contributed by atoms with Gasteiger partial charge in [0.25, 0.3) is 0 Å². The number of rotatable bonds is 6. The first-order valence-corrected chi connectivity index (χ1v) is 6.96. The largest absolute Gasteiger partial charge is 0.465 e. The van der Waals surface area contributed by atoms with Gasteiger partial charge in [0.1, 0.15) is 6.54 Å². The van der Waals surface area contributed by atoms with Crippen LogP contribution in [0, 0.1) is 0 Å². The van der Waals surface area contributed by atoms with Crippen molar-refractivity contribution in [1.29, 1.82) is 0 Å². The van der Waals surface area contributed by atoms with E-state index in [0.29, 0.717) is 0 Å². The zero-order chi connectivity index (χ0) is 13.4. The average Bonchev–Trinajstić information content (AvgIpc) is 2.36. The molecule has 0 aliphatic heterocycles. The van der Waals surface area contributed by atoms with E-state index >= 15 is 0 Å². The number of esters is 1. The summed E-state index contributed by atoms with van der Waals surface area (Å²) in [5, 5.41) is 1.02. The van der Waals surface area contributed by atoms with Gasteiger partial charge in [0, 0.05) is 5.41 Å². The molecule has 0 aromatic heterocycles. The van der Waals surface area contributed by atoms with Crippen LogP contribution in [-0.2, 0) is 19.6 Å². The van der Waals surface area contributed by atoms with Crippen molar-refractivity contribution in [2.24, 2.45) is 0 Å². The third kappa shape index (κ3) is 5.60. The highest BCUT2D eigenvalue weighted by Crippen LogP contribution is 2.02. The van der Waals surface area contributed by atoms with Gasteiger partial charge >= 0.3 is 5.97 Å². The van der Waals surface area contributed by atoms with Crippen LogP contribution in [0.3, 0.4) is 0 Å². The zero-order valence-electron chi connectivity index (χ0n) is 10.00. The van der Waals surface area contributed by atoms with E-state index in [1.807, 2.05) is 6.07 Å². The molecule has 0 amide bonds. The van der Waals surface area contributed by atoms with E-state index in [0.717, 1.165) is 11.0 Å². The number of sulfonamides is 1. The third-order valence-electron chi connectivity index (χ3n) is 1.96.